The lowest BCUT2D eigenvalue weighted by Gasteiger charge is -2.32. The monoisotopic (exact) mass is 481 g/mol. The van der Waals surface area contributed by atoms with E-state index < -0.39 is 29.8 Å². The van der Waals surface area contributed by atoms with Crippen LogP contribution in [0, 0.1) is 5.92 Å². The Bertz CT molecular complexity index is 959. The van der Waals surface area contributed by atoms with Crippen LogP contribution in [0.2, 0.25) is 5.02 Å². The van der Waals surface area contributed by atoms with E-state index in [-0.39, 0.29) is 28.9 Å². The Labute approximate surface area is 184 Å². The van der Waals surface area contributed by atoms with Gasteiger partial charge in [-0.25, -0.2) is 4.98 Å². The highest BCUT2D eigenvalue weighted by atomic mass is 35.5. The molecule has 1 N–H and O–H groups in total. The lowest BCUT2D eigenvalue weighted by Crippen LogP contribution is -2.40. The highest BCUT2D eigenvalue weighted by Crippen LogP contribution is 2.34. The summed E-state index contributed by atoms with van der Waals surface area (Å²) in [5.74, 6) is -0.928. The fraction of sp³-hybridized carbons (Fsp3) is 0.400. The quantitative estimate of drug-likeness (QED) is 0.598. The molecule has 0 atom stereocenters. The van der Waals surface area contributed by atoms with Gasteiger partial charge in [-0.15, -0.1) is 13.2 Å². The molecule has 0 unspecified atom stereocenters. The minimum absolute atomic E-state index is 0.135. The number of piperidine rings is 1. The normalized spacial score (nSPS) is 15.5. The van der Waals surface area contributed by atoms with Gasteiger partial charge in [0.25, 0.3) is 0 Å². The SMILES string of the molecule is O=C(NCc1ccccc1OC(F)(F)F)C1CCN(c2ncc(C(F)(F)F)cc2Cl)CC1. The number of aromatic nitrogens is 1. The molecule has 0 spiro atoms. The van der Waals surface area contributed by atoms with Gasteiger partial charge in [-0.1, -0.05) is 29.8 Å². The second-order valence-electron chi connectivity index (χ2n) is 7.16. The summed E-state index contributed by atoms with van der Waals surface area (Å²) in [7, 11) is 0. The molecule has 174 valence electrons. The summed E-state index contributed by atoms with van der Waals surface area (Å²) < 4.78 is 79.8. The van der Waals surface area contributed by atoms with E-state index in [1.165, 1.54) is 18.2 Å². The van der Waals surface area contributed by atoms with Crippen molar-refractivity contribution in [2.24, 2.45) is 5.92 Å². The van der Waals surface area contributed by atoms with Gasteiger partial charge in [-0.05, 0) is 25.0 Å². The van der Waals surface area contributed by atoms with Crippen LogP contribution in [0.5, 0.6) is 5.75 Å². The van der Waals surface area contributed by atoms with E-state index in [4.69, 9.17) is 11.6 Å². The minimum atomic E-state index is -4.85. The van der Waals surface area contributed by atoms with E-state index in [2.05, 4.69) is 15.0 Å². The van der Waals surface area contributed by atoms with Gasteiger partial charge in [0.05, 0.1) is 10.6 Å². The Morgan fingerprint density at radius 2 is 1.81 bits per heavy atom. The molecule has 12 heteroatoms. The maximum absolute atomic E-state index is 12.8. The highest BCUT2D eigenvalue weighted by Gasteiger charge is 2.34. The summed E-state index contributed by atoms with van der Waals surface area (Å²) in [6.07, 6.45) is -7.93. The lowest BCUT2D eigenvalue weighted by atomic mass is 9.95. The van der Waals surface area contributed by atoms with Crippen LogP contribution in [0.25, 0.3) is 0 Å². The number of alkyl halides is 6. The van der Waals surface area contributed by atoms with Crippen LogP contribution in [-0.4, -0.2) is 30.3 Å². The summed E-state index contributed by atoms with van der Waals surface area (Å²) in [6.45, 7) is 0.533. The van der Waals surface area contributed by atoms with E-state index in [1.807, 2.05) is 0 Å². The molecule has 3 rings (SSSR count). The first-order valence-electron chi connectivity index (χ1n) is 9.53. The third-order valence-corrected chi connectivity index (χ3v) is 5.24. The van der Waals surface area contributed by atoms with Gasteiger partial charge in [-0.3, -0.25) is 4.79 Å². The van der Waals surface area contributed by atoms with Crippen molar-refractivity contribution in [1.82, 2.24) is 10.3 Å². The number of rotatable bonds is 5. The number of benzene rings is 1. The lowest BCUT2D eigenvalue weighted by molar-refractivity contribution is -0.274. The van der Waals surface area contributed by atoms with Crippen LogP contribution in [0.1, 0.15) is 24.0 Å². The molecule has 1 saturated heterocycles. The van der Waals surface area contributed by atoms with E-state index in [0.717, 1.165) is 12.1 Å². The van der Waals surface area contributed by atoms with Gasteiger partial charge >= 0.3 is 12.5 Å². The minimum Gasteiger partial charge on any atom is -0.405 e. The van der Waals surface area contributed by atoms with E-state index in [9.17, 15) is 31.1 Å². The van der Waals surface area contributed by atoms with Crippen molar-refractivity contribution in [3.05, 3.63) is 52.7 Å². The molecular formula is C20H18ClF6N3O2. The molecule has 1 aliphatic rings. The largest absolute Gasteiger partial charge is 0.573 e. The third kappa shape index (κ3) is 6.18. The predicted octanol–water partition coefficient (Wildman–Crippen LogP) is 5.19. The first-order valence-corrected chi connectivity index (χ1v) is 9.91. The van der Waals surface area contributed by atoms with E-state index in [1.54, 1.807) is 4.90 Å². The summed E-state index contributed by atoms with van der Waals surface area (Å²) >= 11 is 5.97. The van der Waals surface area contributed by atoms with Crippen molar-refractivity contribution in [2.75, 3.05) is 18.0 Å². The number of anilines is 1. The van der Waals surface area contributed by atoms with Crippen LogP contribution in [-0.2, 0) is 17.5 Å². The van der Waals surface area contributed by atoms with Crippen LogP contribution >= 0.6 is 11.6 Å². The average Bonchev–Trinajstić information content (AvgIpc) is 2.71. The highest BCUT2D eigenvalue weighted by molar-refractivity contribution is 6.33. The number of hydrogen-bond acceptors (Lipinski definition) is 4. The molecule has 0 radical (unpaired) electrons. The molecule has 1 aromatic carbocycles. The van der Waals surface area contributed by atoms with Crippen molar-refractivity contribution in [3.63, 3.8) is 0 Å². The van der Waals surface area contributed by atoms with E-state index in [0.29, 0.717) is 32.1 Å². The smallest absolute Gasteiger partial charge is 0.405 e. The predicted molar refractivity (Wildman–Crippen MR) is 104 cm³/mol. The number of nitrogens with zero attached hydrogens (tertiary/aromatic N) is 2. The van der Waals surface area contributed by atoms with Crippen molar-refractivity contribution in [1.29, 1.82) is 0 Å². The molecule has 0 bridgehead atoms. The Kier molecular flexibility index (Phi) is 7.06. The van der Waals surface area contributed by atoms with E-state index >= 15 is 0 Å². The van der Waals surface area contributed by atoms with Gasteiger partial charge in [0, 0.05) is 37.3 Å². The number of ether oxygens (including phenoxy) is 1. The topological polar surface area (TPSA) is 54.5 Å². The second-order valence-corrected chi connectivity index (χ2v) is 7.57. The number of para-hydroxylation sites is 1. The van der Waals surface area contributed by atoms with Crippen LogP contribution < -0.4 is 15.0 Å². The second kappa shape index (κ2) is 9.43. The standard InChI is InChI=1S/C20H18ClF6N3O2/c21-15-9-14(19(22,23)24)11-28-17(15)30-7-5-12(6-8-30)18(31)29-10-13-3-1-2-4-16(13)32-20(25,26)27/h1-4,9,11-12H,5-8,10H2,(H,29,31). The van der Waals surface area contributed by atoms with Gasteiger partial charge < -0.3 is 15.0 Å². The van der Waals surface area contributed by atoms with Crippen LogP contribution in [0.3, 0.4) is 0 Å². The molecule has 32 heavy (non-hydrogen) atoms. The molecule has 1 aromatic heterocycles. The van der Waals surface area contributed by atoms with Gasteiger partial charge in [0.1, 0.15) is 11.6 Å². The molecule has 0 aliphatic carbocycles. The number of nitrogens with one attached hydrogen (secondary N) is 1. The number of amides is 1. The van der Waals surface area contributed by atoms with Crippen molar-refractivity contribution in [2.45, 2.75) is 31.9 Å². The summed E-state index contributed by atoms with van der Waals surface area (Å²) in [4.78, 5) is 18.0. The number of carbonyl (C=O) groups is 1. The first-order chi connectivity index (χ1) is 14.9. The first kappa shape index (κ1) is 24.0. The Hall–Kier alpha value is -2.69. The van der Waals surface area contributed by atoms with Crippen molar-refractivity contribution < 1.29 is 35.9 Å². The maximum atomic E-state index is 12.8. The van der Waals surface area contributed by atoms with Crippen LogP contribution in [0.15, 0.2) is 36.5 Å². The van der Waals surface area contributed by atoms with Gasteiger partial charge in [-0.2, -0.15) is 13.2 Å². The molecule has 1 fully saturated rings. The zero-order valence-corrected chi connectivity index (χ0v) is 17.2. The number of carbonyl (C=O) groups excluding carboxylic acids is 1. The van der Waals surface area contributed by atoms with Gasteiger partial charge in [0.2, 0.25) is 5.91 Å². The molecule has 1 amide bonds. The zero-order valence-electron chi connectivity index (χ0n) is 16.4. The Balaban J connectivity index is 1.56. The molecule has 2 aromatic rings. The molecule has 0 saturated carbocycles. The Morgan fingerprint density at radius 3 is 2.41 bits per heavy atom. The maximum Gasteiger partial charge on any atom is 0.573 e. The summed E-state index contributed by atoms with van der Waals surface area (Å²) in [5.41, 5.74) is -0.772. The molecular weight excluding hydrogens is 464 g/mol. The number of hydrogen-bond donors (Lipinski definition) is 1. The number of pyridine rings is 1. The number of halogens is 7. The Morgan fingerprint density at radius 1 is 1.16 bits per heavy atom. The zero-order chi connectivity index (χ0) is 23.5. The third-order valence-electron chi connectivity index (χ3n) is 4.97. The van der Waals surface area contributed by atoms with Crippen molar-refractivity contribution >= 4 is 23.3 Å². The molecule has 5 nitrogen and oxygen atoms in total. The van der Waals surface area contributed by atoms with Crippen molar-refractivity contribution in [3.8, 4) is 5.75 Å². The summed E-state index contributed by atoms with van der Waals surface area (Å²) in [6, 6.07) is 6.31. The fourth-order valence-electron chi connectivity index (χ4n) is 3.37. The van der Waals surface area contributed by atoms with Gasteiger partial charge in [0.15, 0.2) is 0 Å². The average molecular weight is 482 g/mol. The van der Waals surface area contributed by atoms with Crippen LogP contribution in [0.4, 0.5) is 32.2 Å². The molecule has 2 heterocycles. The fourth-order valence-corrected chi connectivity index (χ4v) is 3.66. The molecule has 1 aliphatic heterocycles. The summed E-state index contributed by atoms with van der Waals surface area (Å²) in [5, 5.41) is 2.48.